The summed E-state index contributed by atoms with van der Waals surface area (Å²) in [5.74, 6) is -0.224. The summed E-state index contributed by atoms with van der Waals surface area (Å²) in [6, 6.07) is 8.48. The Morgan fingerprint density at radius 3 is 3.00 bits per heavy atom. The van der Waals surface area contributed by atoms with E-state index in [0.29, 0.717) is 24.1 Å². The van der Waals surface area contributed by atoms with Gasteiger partial charge in [-0.1, -0.05) is 6.07 Å². The molecule has 0 aromatic heterocycles. The first-order valence-corrected chi connectivity index (χ1v) is 5.10. The van der Waals surface area contributed by atoms with Gasteiger partial charge in [-0.25, -0.2) is 0 Å². The quantitative estimate of drug-likeness (QED) is 0.793. The maximum Gasteiger partial charge on any atom is 0.251 e. The van der Waals surface area contributed by atoms with Crippen molar-refractivity contribution >= 4 is 5.91 Å². The van der Waals surface area contributed by atoms with E-state index in [1.165, 1.54) is 6.07 Å². The minimum atomic E-state index is -0.425. The topological polar surface area (TPSA) is 73.1 Å². The third-order valence-electron chi connectivity index (χ3n) is 2.10. The van der Waals surface area contributed by atoms with Gasteiger partial charge >= 0.3 is 0 Å². The number of aliphatic hydroxyl groups is 1. The van der Waals surface area contributed by atoms with Crippen molar-refractivity contribution in [3.05, 3.63) is 35.4 Å². The van der Waals surface area contributed by atoms with Crippen LogP contribution in [0.25, 0.3) is 0 Å². The number of aliphatic hydroxyl groups excluding tert-OH is 1. The molecule has 2 N–H and O–H groups in total. The predicted octanol–water partition coefficient (Wildman–Crippen LogP) is 1.06. The number of nitrogens with zero attached hydrogens (tertiary/aromatic N) is 1. The second kappa shape index (κ2) is 5.89. The van der Waals surface area contributed by atoms with E-state index >= 15 is 0 Å². The molecular formula is C12H14N2O2. The minimum absolute atomic E-state index is 0.224. The third kappa shape index (κ3) is 3.71. The van der Waals surface area contributed by atoms with Crippen molar-refractivity contribution in [3.8, 4) is 6.07 Å². The van der Waals surface area contributed by atoms with Crippen LogP contribution in [0.4, 0.5) is 0 Å². The van der Waals surface area contributed by atoms with Gasteiger partial charge in [-0.2, -0.15) is 5.26 Å². The van der Waals surface area contributed by atoms with Gasteiger partial charge in [0.25, 0.3) is 5.91 Å². The molecule has 0 aliphatic heterocycles. The molecule has 1 atom stereocenters. The Balaban J connectivity index is 2.56. The molecule has 1 aromatic rings. The van der Waals surface area contributed by atoms with Crippen LogP contribution in [-0.2, 0) is 0 Å². The molecule has 1 amide bonds. The van der Waals surface area contributed by atoms with Crippen LogP contribution in [0, 0.1) is 11.3 Å². The van der Waals surface area contributed by atoms with E-state index in [2.05, 4.69) is 5.32 Å². The summed E-state index contributed by atoms with van der Waals surface area (Å²) in [4.78, 5) is 11.6. The number of hydrogen-bond acceptors (Lipinski definition) is 3. The summed E-state index contributed by atoms with van der Waals surface area (Å²) in [6.45, 7) is 2.09. The summed E-state index contributed by atoms with van der Waals surface area (Å²) in [5.41, 5.74) is 0.924. The fourth-order valence-corrected chi connectivity index (χ4v) is 1.23. The molecule has 0 saturated heterocycles. The lowest BCUT2D eigenvalue weighted by atomic mass is 10.1. The van der Waals surface area contributed by atoms with Crippen molar-refractivity contribution in [2.24, 2.45) is 0 Å². The summed E-state index contributed by atoms with van der Waals surface area (Å²) in [7, 11) is 0. The minimum Gasteiger partial charge on any atom is -0.393 e. The van der Waals surface area contributed by atoms with Crippen LogP contribution in [-0.4, -0.2) is 23.7 Å². The average Bonchev–Trinajstić information content (AvgIpc) is 2.28. The first kappa shape index (κ1) is 12.2. The smallest absolute Gasteiger partial charge is 0.251 e. The number of amides is 1. The highest BCUT2D eigenvalue weighted by Gasteiger charge is 2.05. The second-order valence-electron chi connectivity index (χ2n) is 3.59. The van der Waals surface area contributed by atoms with E-state index in [1.807, 2.05) is 6.07 Å². The zero-order valence-electron chi connectivity index (χ0n) is 9.10. The molecule has 4 nitrogen and oxygen atoms in total. The van der Waals surface area contributed by atoms with Crippen molar-refractivity contribution in [3.63, 3.8) is 0 Å². The molecule has 1 aromatic carbocycles. The van der Waals surface area contributed by atoms with Gasteiger partial charge in [-0.05, 0) is 31.5 Å². The van der Waals surface area contributed by atoms with Gasteiger partial charge in [-0.15, -0.1) is 0 Å². The lowest BCUT2D eigenvalue weighted by molar-refractivity contribution is 0.0945. The number of rotatable bonds is 4. The van der Waals surface area contributed by atoms with Crippen LogP contribution >= 0.6 is 0 Å². The van der Waals surface area contributed by atoms with Crippen LogP contribution in [0.3, 0.4) is 0 Å². The largest absolute Gasteiger partial charge is 0.393 e. The summed E-state index contributed by atoms with van der Waals surface area (Å²) in [6.07, 6.45) is 0.0923. The monoisotopic (exact) mass is 218 g/mol. The Labute approximate surface area is 94.5 Å². The number of carbonyl (C=O) groups excluding carboxylic acids is 1. The Kier molecular flexibility index (Phi) is 4.49. The lowest BCUT2D eigenvalue weighted by Gasteiger charge is -2.06. The van der Waals surface area contributed by atoms with Crippen molar-refractivity contribution in [1.29, 1.82) is 5.26 Å². The highest BCUT2D eigenvalue weighted by Crippen LogP contribution is 2.03. The Bertz CT molecular complexity index is 408. The van der Waals surface area contributed by atoms with Gasteiger partial charge < -0.3 is 10.4 Å². The van der Waals surface area contributed by atoms with Crippen LogP contribution in [0.1, 0.15) is 29.3 Å². The van der Waals surface area contributed by atoms with Gasteiger partial charge in [-0.3, -0.25) is 4.79 Å². The maximum atomic E-state index is 11.6. The van der Waals surface area contributed by atoms with Crippen molar-refractivity contribution < 1.29 is 9.90 Å². The Morgan fingerprint density at radius 1 is 1.62 bits per heavy atom. The molecule has 1 unspecified atom stereocenters. The van der Waals surface area contributed by atoms with Gasteiger partial charge in [0, 0.05) is 12.1 Å². The highest BCUT2D eigenvalue weighted by molar-refractivity contribution is 5.94. The van der Waals surface area contributed by atoms with Crippen LogP contribution < -0.4 is 5.32 Å². The SMILES string of the molecule is CC(O)CCNC(=O)c1cccc(C#N)c1. The van der Waals surface area contributed by atoms with Gasteiger partial charge in [0.15, 0.2) is 0 Å². The molecule has 0 radical (unpaired) electrons. The third-order valence-corrected chi connectivity index (χ3v) is 2.10. The molecule has 0 heterocycles. The van der Waals surface area contributed by atoms with Gasteiger partial charge in [0.2, 0.25) is 0 Å². The molecule has 0 spiro atoms. The van der Waals surface area contributed by atoms with Crippen molar-refractivity contribution in [2.75, 3.05) is 6.54 Å². The van der Waals surface area contributed by atoms with Crippen molar-refractivity contribution in [2.45, 2.75) is 19.4 Å². The standard InChI is InChI=1S/C12H14N2O2/c1-9(15)5-6-14-12(16)11-4-2-3-10(7-11)8-13/h2-4,7,9,15H,5-6H2,1H3,(H,14,16). The molecule has 1 rings (SSSR count). The van der Waals surface area contributed by atoms with E-state index in [9.17, 15) is 4.79 Å². The number of carbonyl (C=O) groups is 1. The Hall–Kier alpha value is -1.86. The van der Waals surface area contributed by atoms with E-state index in [-0.39, 0.29) is 5.91 Å². The van der Waals surface area contributed by atoms with E-state index in [4.69, 9.17) is 10.4 Å². The number of nitriles is 1. The van der Waals surface area contributed by atoms with E-state index in [0.717, 1.165) is 0 Å². The fraction of sp³-hybridized carbons (Fsp3) is 0.333. The van der Waals surface area contributed by atoms with E-state index in [1.54, 1.807) is 25.1 Å². The zero-order chi connectivity index (χ0) is 12.0. The predicted molar refractivity (Wildman–Crippen MR) is 59.8 cm³/mol. The molecule has 0 bridgehead atoms. The molecule has 0 saturated carbocycles. The van der Waals surface area contributed by atoms with Gasteiger partial charge in [0.1, 0.15) is 0 Å². The molecule has 0 aliphatic carbocycles. The molecule has 16 heavy (non-hydrogen) atoms. The molecular weight excluding hydrogens is 204 g/mol. The lowest BCUT2D eigenvalue weighted by Crippen LogP contribution is -2.26. The molecule has 4 heteroatoms. The summed E-state index contributed by atoms with van der Waals surface area (Å²) in [5, 5.41) is 20.4. The number of hydrogen-bond donors (Lipinski definition) is 2. The average molecular weight is 218 g/mol. The number of benzene rings is 1. The zero-order valence-corrected chi connectivity index (χ0v) is 9.10. The van der Waals surface area contributed by atoms with Crippen LogP contribution in [0.2, 0.25) is 0 Å². The normalized spacial score (nSPS) is 11.6. The molecule has 0 aliphatic rings. The fourth-order valence-electron chi connectivity index (χ4n) is 1.23. The first-order valence-electron chi connectivity index (χ1n) is 5.10. The van der Waals surface area contributed by atoms with Crippen molar-refractivity contribution in [1.82, 2.24) is 5.32 Å². The first-order chi connectivity index (χ1) is 7.63. The number of nitrogens with one attached hydrogen (secondary N) is 1. The summed E-state index contributed by atoms with van der Waals surface area (Å²) < 4.78 is 0. The molecule has 0 fully saturated rings. The summed E-state index contributed by atoms with van der Waals surface area (Å²) >= 11 is 0. The van der Waals surface area contributed by atoms with E-state index < -0.39 is 6.10 Å². The van der Waals surface area contributed by atoms with Crippen LogP contribution in [0.15, 0.2) is 24.3 Å². The second-order valence-corrected chi connectivity index (χ2v) is 3.59. The highest BCUT2D eigenvalue weighted by atomic mass is 16.3. The maximum absolute atomic E-state index is 11.6. The van der Waals surface area contributed by atoms with Crippen LogP contribution in [0.5, 0.6) is 0 Å². The Morgan fingerprint density at radius 2 is 2.38 bits per heavy atom. The molecule has 84 valence electrons. The van der Waals surface area contributed by atoms with Gasteiger partial charge in [0.05, 0.1) is 17.7 Å².